The molecule has 0 aliphatic carbocycles. The predicted octanol–water partition coefficient (Wildman–Crippen LogP) is -9.93. The van der Waals surface area contributed by atoms with Gasteiger partial charge in [0, 0.05) is 8.41 Å². The van der Waals surface area contributed by atoms with E-state index in [1.807, 2.05) is 0 Å². The fourth-order valence-corrected chi connectivity index (χ4v) is 0. The summed E-state index contributed by atoms with van der Waals surface area (Å²) in [7, 11) is 0. The van der Waals surface area contributed by atoms with Crippen molar-refractivity contribution < 1.29 is 155 Å². The Hall–Kier alpha value is 3.92. The molecular weight excluding hydrogens is 292 g/mol. The van der Waals surface area contributed by atoms with Crippen molar-refractivity contribution in [2.45, 2.75) is 6.92 Å². The van der Waals surface area contributed by atoms with Crippen LogP contribution in [-0.4, -0.2) is 21.2 Å². The van der Waals surface area contributed by atoms with Gasteiger partial charge in [0.2, 0.25) is 0 Å². The van der Waals surface area contributed by atoms with Crippen molar-refractivity contribution in [3.8, 4) is 0 Å². The van der Waals surface area contributed by atoms with Crippen molar-refractivity contribution in [1.29, 1.82) is 0 Å². The number of hydrogen-bond donors (Lipinski definition) is 0. The molecule has 0 spiro atoms. The van der Waals surface area contributed by atoms with E-state index in [2.05, 4.69) is 4.89 Å². The average Bonchev–Trinajstić information content (AvgIpc) is 1.69. The van der Waals surface area contributed by atoms with Gasteiger partial charge in [-0.2, -0.15) is 0 Å². The predicted molar refractivity (Wildman–Crippen MR) is 37.2 cm³/mol. The van der Waals surface area contributed by atoms with Gasteiger partial charge in [0.05, 0.1) is 0 Å². The van der Waals surface area contributed by atoms with Crippen LogP contribution in [0.3, 0.4) is 0 Å². The number of rotatable bonds is 1. The van der Waals surface area contributed by atoms with Crippen LogP contribution in [0, 0.1) is 0 Å². The third-order valence-corrected chi connectivity index (χ3v) is 0.0393. The van der Waals surface area contributed by atoms with Crippen LogP contribution >= 0.6 is 17.0 Å². The zero-order valence-corrected chi connectivity index (χ0v) is 17.7. The van der Waals surface area contributed by atoms with Crippen molar-refractivity contribution >= 4 is 38.2 Å². The summed E-state index contributed by atoms with van der Waals surface area (Å²) in [5.74, 6) is 0. The maximum absolute atomic E-state index is 8.81. The molecule has 9 heteroatoms. The first-order valence-electron chi connectivity index (χ1n) is 1.45. The number of carbonyl (C=O) groups is 2. The summed E-state index contributed by atoms with van der Waals surface area (Å²) in [6.45, 7) is 1.26. The van der Waals surface area contributed by atoms with E-state index >= 15 is 0 Å². The van der Waals surface area contributed by atoms with Gasteiger partial charge in [-0.25, -0.2) is 0 Å². The molecule has 0 aliphatic rings. The van der Waals surface area contributed by atoms with E-state index in [0.29, 0.717) is 0 Å². The van der Waals surface area contributed by atoms with Crippen LogP contribution in [0.2, 0.25) is 0 Å². The second-order valence-electron chi connectivity index (χ2n) is 0.428. The molecule has 0 heterocycles. The summed E-state index contributed by atoms with van der Waals surface area (Å²) < 4.78 is 0. The van der Waals surface area contributed by atoms with Crippen molar-refractivity contribution in [2.75, 3.05) is 0 Å². The van der Waals surface area contributed by atoms with Gasteiger partial charge in [-0.3, -0.25) is 4.79 Å². The zero-order chi connectivity index (χ0) is 6.12. The van der Waals surface area contributed by atoms with Gasteiger partial charge < -0.3 is 17.8 Å². The van der Waals surface area contributed by atoms with Crippen LogP contribution in [-0.2, 0) is 14.5 Å². The minimum absolute atomic E-state index is 0. The summed E-state index contributed by atoms with van der Waals surface area (Å²) in [6, 6.07) is 0. The van der Waals surface area contributed by atoms with Crippen LogP contribution in [0.5, 0.6) is 0 Å². The molecule has 0 aromatic carbocycles. The van der Waals surface area contributed by atoms with Gasteiger partial charge in [0.25, 0.3) is 6.47 Å². The minimum atomic E-state index is -0.181. The number of carbonyl (C=O) groups excluding carboxylic acids is 2. The minimum Gasteiger partial charge on any atom is -1.00 e. The molecule has 12 heavy (non-hydrogen) atoms. The molecule has 0 atom stereocenters. The molecule has 0 saturated heterocycles. The molecule has 0 amide bonds. The van der Waals surface area contributed by atoms with Crippen LogP contribution in [0.1, 0.15) is 9.78 Å². The summed E-state index contributed by atoms with van der Waals surface area (Å²) in [4.78, 5) is 20.1. The second kappa shape index (κ2) is 60.4. The first-order chi connectivity index (χ1) is 3.33. The van der Waals surface area contributed by atoms with E-state index in [-0.39, 0.29) is 167 Å². The molecule has 3 radical (unpaired) electrons. The summed E-state index contributed by atoms with van der Waals surface area (Å²) in [5.41, 5.74) is 0. The normalized spacial score (nSPS) is 2.83. The fraction of sp³-hybridized carbons (Fsp3) is 0.333. The zero-order valence-electron chi connectivity index (χ0n) is 9.77. The molecular formula is C3H8BBrK2NaO4. The van der Waals surface area contributed by atoms with Crippen LogP contribution in [0.4, 0.5) is 0 Å². The monoisotopic (exact) mass is 299 g/mol. The molecule has 0 aromatic heterocycles. The maximum Gasteiger partial charge on any atom is 1.00 e. The Bertz CT molecular complexity index is 71.9. The summed E-state index contributed by atoms with van der Waals surface area (Å²) in [6.07, 6.45) is 0.750. The van der Waals surface area contributed by atoms with Gasteiger partial charge >= 0.3 is 132 Å². The van der Waals surface area contributed by atoms with Crippen molar-refractivity contribution in [2.24, 2.45) is 0 Å². The van der Waals surface area contributed by atoms with Crippen LogP contribution in [0.15, 0.2) is 0 Å². The van der Waals surface area contributed by atoms with E-state index < -0.39 is 0 Å². The Balaban J connectivity index is -0.00000000344. The van der Waals surface area contributed by atoms with Gasteiger partial charge in [0.1, 0.15) is 6.29 Å². The molecule has 0 bridgehead atoms. The number of aldehydes is 1. The third kappa shape index (κ3) is 96.0. The quantitative estimate of drug-likeness (QED) is 0.209. The van der Waals surface area contributed by atoms with E-state index in [4.69, 9.17) is 14.8 Å². The van der Waals surface area contributed by atoms with E-state index in [1.165, 1.54) is 6.92 Å². The van der Waals surface area contributed by atoms with Crippen LogP contribution in [0.25, 0.3) is 0 Å². The van der Waals surface area contributed by atoms with Gasteiger partial charge in [-0.15, -0.1) is 17.0 Å². The Morgan fingerprint density at radius 1 is 1.33 bits per heavy atom. The average molecular weight is 300 g/mol. The van der Waals surface area contributed by atoms with E-state index in [0.717, 1.165) is 6.29 Å². The molecule has 4 nitrogen and oxygen atoms in total. The fourth-order valence-electron chi connectivity index (χ4n) is 0. The van der Waals surface area contributed by atoms with Crippen molar-refractivity contribution in [3.05, 3.63) is 0 Å². The van der Waals surface area contributed by atoms with Crippen LogP contribution < -0.4 is 138 Å². The summed E-state index contributed by atoms with van der Waals surface area (Å²) in [5, 5.41) is 8.43. The van der Waals surface area contributed by atoms with Crippen molar-refractivity contribution in [3.63, 3.8) is 0 Å². The molecule has 0 N–H and O–H groups in total. The molecule has 0 rings (SSSR count). The standard InChI is InChI=1S/C2H4O.CH2O3.B.BrH.2K.Na.2H/c1-2-3;2-1-4-3;;;;;;;/h2H,1H3;1,3H;;1H;;;;;/q;;;;3*+1;2*-1/p-1. The SMILES string of the molecule is Br.CC=O.O=CO[O-].[B].[H-].[H-].[K+].[K+].[Na+]. The largest absolute Gasteiger partial charge is 1.00 e. The van der Waals surface area contributed by atoms with Gasteiger partial charge in [0.15, 0.2) is 0 Å². The third-order valence-electron chi connectivity index (χ3n) is 0.0393. The number of hydrogen-bond acceptors (Lipinski definition) is 4. The van der Waals surface area contributed by atoms with Gasteiger partial charge in [-0.1, -0.05) is 0 Å². The Morgan fingerprint density at radius 2 is 1.42 bits per heavy atom. The Labute approximate surface area is 195 Å². The first-order valence-corrected chi connectivity index (χ1v) is 1.45. The molecule has 0 saturated carbocycles. The summed E-state index contributed by atoms with van der Waals surface area (Å²) >= 11 is 0. The Kier molecular flexibility index (Phi) is 224. The topological polar surface area (TPSA) is 66.4 Å². The van der Waals surface area contributed by atoms with Gasteiger partial charge in [-0.05, 0) is 6.92 Å². The molecule has 0 aromatic rings. The molecule has 0 unspecified atom stereocenters. The number of halogens is 1. The van der Waals surface area contributed by atoms with Crippen molar-refractivity contribution in [1.82, 2.24) is 0 Å². The Morgan fingerprint density at radius 3 is 1.42 bits per heavy atom. The van der Waals surface area contributed by atoms with E-state index in [1.54, 1.807) is 0 Å². The molecule has 0 fully saturated rings. The maximum atomic E-state index is 8.81. The molecule has 57 valence electrons. The first kappa shape index (κ1) is 44.5. The smallest absolute Gasteiger partial charge is 1.00 e. The second-order valence-corrected chi connectivity index (χ2v) is 0.428. The molecule has 0 aliphatic heterocycles. The van der Waals surface area contributed by atoms with E-state index in [9.17, 15) is 0 Å².